The third-order valence-corrected chi connectivity index (χ3v) is 2.62. The highest BCUT2D eigenvalue weighted by Gasteiger charge is 2.10. The lowest BCUT2D eigenvalue weighted by Crippen LogP contribution is -2.03. The van der Waals surface area contributed by atoms with Gasteiger partial charge in [0.25, 0.3) is 0 Å². The lowest BCUT2D eigenvalue weighted by molar-refractivity contribution is 0.178. The SMILES string of the molecule is CCCn1ccnc1-c1cc(Cl)nc(COC)n1. The summed E-state index contributed by atoms with van der Waals surface area (Å²) in [6, 6.07) is 1.72. The van der Waals surface area contributed by atoms with Gasteiger partial charge in [0.05, 0.1) is 0 Å². The van der Waals surface area contributed by atoms with Crippen LogP contribution in [0.1, 0.15) is 19.2 Å². The molecule has 2 heterocycles. The Morgan fingerprint density at radius 3 is 2.94 bits per heavy atom. The fourth-order valence-electron chi connectivity index (χ4n) is 1.74. The molecule has 0 saturated carbocycles. The first-order valence-electron chi connectivity index (χ1n) is 5.78. The van der Waals surface area contributed by atoms with E-state index in [2.05, 4.69) is 26.4 Å². The van der Waals surface area contributed by atoms with Crippen molar-refractivity contribution in [2.45, 2.75) is 26.5 Å². The maximum absolute atomic E-state index is 5.99. The maximum Gasteiger partial charge on any atom is 0.158 e. The van der Waals surface area contributed by atoms with E-state index in [1.807, 2.05) is 6.20 Å². The third kappa shape index (κ3) is 2.86. The zero-order chi connectivity index (χ0) is 13.0. The molecule has 0 aromatic carbocycles. The molecule has 6 heteroatoms. The summed E-state index contributed by atoms with van der Waals surface area (Å²) in [5.41, 5.74) is 0.723. The van der Waals surface area contributed by atoms with Crippen LogP contribution in [0.25, 0.3) is 11.5 Å². The zero-order valence-corrected chi connectivity index (χ0v) is 11.2. The molecule has 0 unspecified atom stereocenters. The van der Waals surface area contributed by atoms with Gasteiger partial charge in [0.2, 0.25) is 0 Å². The van der Waals surface area contributed by atoms with Gasteiger partial charge >= 0.3 is 0 Å². The van der Waals surface area contributed by atoms with Crippen LogP contribution in [0.15, 0.2) is 18.5 Å². The second-order valence-corrected chi connectivity index (χ2v) is 4.26. The van der Waals surface area contributed by atoms with Crippen molar-refractivity contribution in [2.75, 3.05) is 7.11 Å². The molecule has 2 aromatic heterocycles. The number of halogens is 1. The first-order chi connectivity index (χ1) is 8.74. The summed E-state index contributed by atoms with van der Waals surface area (Å²) in [7, 11) is 1.60. The van der Waals surface area contributed by atoms with E-state index in [0.717, 1.165) is 24.5 Å². The molecule has 0 N–H and O–H groups in total. The summed E-state index contributed by atoms with van der Waals surface area (Å²) in [6.07, 6.45) is 4.73. The number of methoxy groups -OCH3 is 1. The molecule has 0 radical (unpaired) electrons. The van der Waals surface area contributed by atoms with Gasteiger partial charge in [0.15, 0.2) is 11.6 Å². The average molecular weight is 267 g/mol. The zero-order valence-electron chi connectivity index (χ0n) is 10.4. The van der Waals surface area contributed by atoms with E-state index >= 15 is 0 Å². The standard InChI is InChI=1S/C12H15ClN4O/c1-3-5-17-6-4-14-12(17)9-7-10(13)16-11(15-9)8-18-2/h4,6-7H,3,5,8H2,1-2H3. The van der Waals surface area contributed by atoms with Crippen LogP contribution in [0.3, 0.4) is 0 Å². The summed E-state index contributed by atoms with van der Waals surface area (Å²) < 4.78 is 7.07. The summed E-state index contributed by atoms with van der Waals surface area (Å²) in [5.74, 6) is 1.37. The quantitative estimate of drug-likeness (QED) is 0.781. The number of ether oxygens (including phenoxy) is 1. The number of rotatable bonds is 5. The fourth-order valence-corrected chi connectivity index (χ4v) is 1.94. The van der Waals surface area contributed by atoms with Gasteiger partial charge in [-0.05, 0) is 6.42 Å². The van der Waals surface area contributed by atoms with E-state index < -0.39 is 0 Å². The Morgan fingerprint density at radius 1 is 1.39 bits per heavy atom. The number of hydrogen-bond acceptors (Lipinski definition) is 4. The highest BCUT2D eigenvalue weighted by Crippen LogP contribution is 2.19. The minimum atomic E-state index is 0.335. The lowest BCUT2D eigenvalue weighted by Gasteiger charge is -2.07. The molecule has 2 aromatic rings. The monoisotopic (exact) mass is 266 g/mol. The van der Waals surface area contributed by atoms with Crippen LogP contribution in [0.5, 0.6) is 0 Å². The highest BCUT2D eigenvalue weighted by atomic mass is 35.5. The van der Waals surface area contributed by atoms with Gasteiger partial charge in [-0.3, -0.25) is 0 Å². The van der Waals surface area contributed by atoms with Crippen molar-refractivity contribution in [2.24, 2.45) is 0 Å². The van der Waals surface area contributed by atoms with Crippen molar-refractivity contribution in [1.29, 1.82) is 0 Å². The molecule has 0 aliphatic rings. The average Bonchev–Trinajstić information content (AvgIpc) is 2.77. The lowest BCUT2D eigenvalue weighted by atomic mass is 10.3. The normalized spacial score (nSPS) is 10.8. The van der Waals surface area contributed by atoms with Crippen LogP contribution in [-0.4, -0.2) is 26.6 Å². The minimum Gasteiger partial charge on any atom is -0.377 e. The predicted molar refractivity (Wildman–Crippen MR) is 69.3 cm³/mol. The molecule has 0 aliphatic heterocycles. The Labute approximate surface area is 111 Å². The van der Waals surface area contributed by atoms with Crippen molar-refractivity contribution in [3.63, 3.8) is 0 Å². The van der Waals surface area contributed by atoms with E-state index in [1.54, 1.807) is 19.4 Å². The van der Waals surface area contributed by atoms with Gasteiger partial charge in [-0.15, -0.1) is 0 Å². The maximum atomic E-state index is 5.99. The first-order valence-corrected chi connectivity index (χ1v) is 6.16. The van der Waals surface area contributed by atoms with Crippen LogP contribution in [0, 0.1) is 0 Å². The number of hydrogen-bond donors (Lipinski definition) is 0. The van der Waals surface area contributed by atoms with Gasteiger partial charge < -0.3 is 9.30 Å². The number of nitrogens with zero attached hydrogens (tertiary/aromatic N) is 4. The Morgan fingerprint density at radius 2 is 2.22 bits per heavy atom. The summed E-state index contributed by atoms with van der Waals surface area (Å²) in [5, 5.41) is 0.401. The molecule has 96 valence electrons. The van der Waals surface area contributed by atoms with E-state index in [1.165, 1.54) is 0 Å². The predicted octanol–water partition coefficient (Wildman–Crippen LogP) is 2.55. The molecule has 2 rings (SSSR count). The third-order valence-electron chi connectivity index (χ3n) is 2.42. The molecule has 0 aliphatic carbocycles. The molecular weight excluding hydrogens is 252 g/mol. The van der Waals surface area contributed by atoms with Crippen molar-refractivity contribution < 1.29 is 4.74 Å². The fraction of sp³-hybridized carbons (Fsp3) is 0.417. The van der Waals surface area contributed by atoms with Gasteiger partial charge in [-0.2, -0.15) is 0 Å². The summed E-state index contributed by atoms with van der Waals surface area (Å²) >= 11 is 5.99. The van der Waals surface area contributed by atoms with Gasteiger partial charge in [0, 0.05) is 32.1 Å². The molecule has 0 atom stereocenters. The van der Waals surface area contributed by atoms with Crippen LogP contribution in [0.2, 0.25) is 5.15 Å². The summed E-state index contributed by atoms with van der Waals surface area (Å²) in [4.78, 5) is 12.8. The van der Waals surface area contributed by atoms with Crippen LogP contribution in [-0.2, 0) is 17.9 Å². The minimum absolute atomic E-state index is 0.335. The number of imidazole rings is 1. The van der Waals surface area contributed by atoms with Crippen molar-refractivity contribution in [3.05, 3.63) is 29.4 Å². The number of aryl methyl sites for hydroxylation is 1. The highest BCUT2D eigenvalue weighted by molar-refractivity contribution is 6.29. The summed E-state index contributed by atoms with van der Waals surface area (Å²) in [6.45, 7) is 3.35. The van der Waals surface area contributed by atoms with E-state index in [9.17, 15) is 0 Å². The van der Waals surface area contributed by atoms with E-state index in [4.69, 9.17) is 16.3 Å². The molecular formula is C12H15ClN4O. The molecule has 0 spiro atoms. The van der Waals surface area contributed by atoms with Crippen LogP contribution >= 0.6 is 11.6 Å². The molecule has 0 amide bonds. The van der Waals surface area contributed by atoms with Gasteiger partial charge in [0.1, 0.15) is 17.5 Å². The second kappa shape index (κ2) is 5.93. The molecule has 5 nitrogen and oxygen atoms in total. The Kier molecular flexibility index (Phi) is 4.28. The topological polar surface area (TPSA) is 52.8 Å². The molecule has 0 saturated heterocycles. The second-order valence-electron chi connectivity index (χ2n) is 3.87. The molecule has 18 heavy (non-hydrogen) atoms. The Hall–Kier alpha value is -1.46. The number of aromatic nitrogens is 4. The largest absolute Gasteiger partial charge is 0.377 e. The first kappa shape index (κ1) is 13.0. The smallest absolute Gasteiger partial charge is 0.158 e. The van der Waals surface area contributed by atoms with Gasteiger partial charge in [-0.1, -0.05) is 18.5 Å². The van der Waals surface area contributed by atoms with Crippen molar-refractivity contribution in [3.8, 4) is 11.5 Å². The van der Waals surface area contributed by atoms with Crippen LogP contribution < -0.4 is 0 Å². The molecule has 0 bridgehead atoms. The van der Waals surface area contributed by atoms with Crippen molar-refractivity contribution in [1.82, 2.24) is 19.5 Å². The Bertz CT molecular complexity index is 527. The molecule has 0 fully saturated rings. The van der Waals surface area contributed by atoms with Crippen LogP contribution in [0.4, 0.5) is 0 Å². The van der Waals surface area contributed by atoms with Crippen molar-refractivity contribution >= 4 is 11.6 Å². The van der Waals surface area contributed by atoms with Gasteiger partial charge in [-0.25, -0.2) is 15.0 Å². The van der Waals surface area contributed by atoms with E-state index in [-0.39, 0.29) is 0 Å². The van der Waals surface area contributed by atoms with E-state index in [0.29, 0.717) is 17.6 Å². The Balaban J connectivity index is 2.39.